The van der Waals surface area contributed by atoms with Crippen molar-refractivity contribution in [3.05, 3.63) is 33.2 Å². The molecule has 0 N–H and O–H groups in total. The van der Waals surface area contributed by atoms with Crippen molar-refractivity contribution >= 4 is 31.9 Å². The van der Waals surface area contributed by atoms with Crippen molar-refractivity contribution < 1.29 is 0 Å². The maximum atomic E-state index is 3.28. The Morgan fingerprint density at radius 3 is 1.88 bits per heavy atom. The SMILES string of the molecule is Brc1[c]c(Br)ccc1. The van der Waals surface area contributed by atoms with Crippen molar-refractivity contribution in [2.24, 2.45) is 0 Å². The summed E-state index contributed by atoms with van der Waals surface area (Å²) in [6, 6.07) is 8.82. The van der Waals surface area contributed by atoms with Gasteiger partial charge in [0.05, 0.1) is 0 Å². The van der Waals surface area contributed by atoms with Crippen LogP contribution in [0.5, 0.6) is 0 Å². The Balaban J connectivity index is 3.08. The first-order valence-corrected chi connectivity index (χ1v) is 3.71. The van der Waals surface area contributed by atoms with E-state index in [-0.39, 0.29) is 0 Å². The molecule has 0 aromatic heterocycles. The summed E-state index contributed by atoms with van der Waals surface area (Å²) >= 11 is 6.55. The lowest BCUT2D eigenvalue weighted by molar-refractivity contribution is 1.58. The molecular weight excluding hydrogens is 232 g/mol. The van der Waals surface area contributed by atoms with E-state index in [1.807, 2.05) is 18.2 Å². The zero-order chi connectivity index (χ0) is 5.98. The highest BCUT2D eigenvalue weighted by Crippen LogP contribution is 2.14. The van der Waals surface area contributed by atoms with Crippen LogP contribution in [0, 0.1) is 6.07 Å². The summed E-state index contributed by atoms with van der Waals surface area (Å²) in [6.45, 7) is 0. The minimum atomic E-state index is 0.979. The van der Waals surface area contributed by atoms with Crippen LogP contribution in [0.2, 0.25) is 0 Å². The predicted molar refractivity (Wildman–Crippen MR) is 40.7 cm³/mol. The third-order valence-corrected chi connectivity index (χ3v) is 1.65. The van der Waals surface area contributed by atoms with E-state index in [9.17, 15) is 0 Å². The van der Waals surface area contributed by atoms with Crippen molar-refractivity contribution in [3.63, 3.8) is 0 Å². The van der Waals surface area contributed by atoms with Crippen LogP contribution < -0.4 is 0 Å². The summed E-state index contributed by atoms with van der Waals surface area (Å²) in [5, 5.41) is 0. The van der Waals surface area contributed by atoms with Crippen LogP contribution in [0.4, 0.5) is 0 Å². The van der Waals surface area contributed by atoms with Crippen molar-refractivity contribution in [1.82, 2.24) is 0 Å². The average Bonchev–Trinajstić information content (AvgIpc) is 1.64. The highest BCUT2D eigenvalue weighted by molar-refractivity contribution is 9.11. The lowest BCUT2D eigenvalue weighted by Crippen LogP contribution is -1.63. The Morgan fingerprint density at radius 2 is 1.62 bits per heavy atom. The molecular formula is C6H3Br2. The molecule has 0 spiro atoms. The van der Waals surface area contributed by atoms with Gasteiger partial charge in [-0.15, -0.1) is 0 Å². The van der Waals surface area contributed by atoms with Gasteiger partial charge in [-0.05, 0) is 12.1 Å². The topological polar surface area (TPSA) is 0 Å². The van der Waals surface area contributed by atoms with Gasteiger partial charge in [-0.25, -0.2) is 0 Å². The zero-order valence-electron chi connectivity index (χ0n) is 3.99. The van der Waals surface area contributed by atoms with Gasteiger partial charge in [0.1, 0.15) is 0 Å². The third-order valence-electron chi connectivity index (χ3n) is 0.724. The molecule has 1 radical (unpaired) electrons. The molecule has 1 aromatic carbocycles. The maximum absolute atomic E-state index is 3.28. The van der Waals surface area contributed by atoms with Gasteiger partial charge >= 0.3 is 0 Å². The summed E-state index contributed by atoms with van der Waals surface area (Å²) in [4.78, 5) is 0. The van der Waals surface area contributed by atoms with Gasteiger partial charge in [-0.2, -0.15) is 0 Å². The molecule has 0 saturated carbocycles. The monoisotopic (exact) mass is 233 g/mol. The summed E-state index contributed by atoms with van der Waals surface area (Å²) in [6.07, 6.45) is 0. The number of hydrogen-bond donors (Lipinski definition) is 0. The Morgan fingerprint density at radius 1 is 1.12 bits per heavy atom. The van der Waals surface area contributed by atoms with Gasteiger partial charge in [0.15, 0.2) is 0 Å². The fraction of sp³-hybridized carbons (Fsp3) is 0. The molecule has 0 atom stereocenters. The van der Waals surface area contributed by atoms with Gasteiger partial charge in [0, 0.05) is 15.0 Å². The highest BCUT2D eigenvalue weighted by atomic mass is 79.9. The summed E-state index contributed by atoms with van der Waals surface area (Å²) < 4.78 is 1.96. The molecule has 1 aromatic rings. The molecule has 8 heavy (non-hydrogen) atoms. The van der Waals surface area contributed by atoms with Crippen LogP contribution >= 0.6 is 31.9 Å². The van der Waals surface area contributed by atoms with E-state index < -0.39 is 0 Å². The molecule has 41 valence electrons. The number of halogens is 2. The smallest absolute Gasteiger partial charge is 0.0265 e. The van der Waals surface area contributed by atoms with Crippen molar-refractivity contribution in [2.45, 2.75) is 0 Å². The number of hydrogen-bond acceptors (Lipinski definition) is 0. The Labute approximate surface area is 65.2 Å². The highest BCUT2D eigenvalue weighted by Gasteiger charge is 1.85. The molecule has 0 aliphatic heterocycles. The standard InChI is InChI=1S/C6H3Br2/c7-5-2-1-3-6(8)4-5/h1-3H. The fourth-order valence-corrected chi connectivity index (χ4v) is 1.41. The van der Waals surface area contributed by atoms with Crippen molar-refractivity contribution in [2.75, 3.05) is 0 Å². The molecule has 0 bridgehead atoms. The van der Waals surface area contributed by atoms with Crippen molar-refractivity contribution in [1.29, 1.82) is 0 Å². The normalized spacial score (nSPS) is 9.25. The third kappa shape index (κ3) is 1.60. The zero-order valence-corrected chi connectivity index (χ0v) is 7.16. The summed E-state index contributed by atoms with van der Waals surface area (Å²) in [7, 11) is 0. The van der Waals surface area contributed by atoms with E-state index in [1.54, 1.807) is 0 Å². The first-order chi connectivity index (χ1) is 3.79. The van der Waals surface area contributed by atoms with Crippen LogP contribution in [-0.4, -0.2) is 0 Å². The lowest BCUT2D eigenvalue weighted by atomic mass is 10.4. The van der Waals surface area contributed by atoms with Crippen molar-refractivity contribution in [3.8, 4) is 0 Å². The first kappa shape index (κ1) is 6.30. The second-order valence-corrected chi connectivity index (χ2v) is 3.06. The van der Waals surface area contributed by atoms with Gasteiger partial charge in [-0.3, -0.25) is 0 Å². The van der Waals surface area contributed by atoms with E-state index in [0.717, 1.165) is 8.95 Å². The van der Waals surface area contributed by atoms with E-state index in [2.05, 4.69) is 37.9 Å². The fourth-order valence-electron chi connectivity index (χ4n) is 0.414. The van der Waals surface area contributed by atoms with Gasteiger partial charge in [-0.1, -0.05) is 37.9 Å². The summed E-state index contributed by atoms with van der Waals surface area (Å²) in [5.74, 6) is 0. The van der Waals surface area contributed by atoms with Gasteiger partial charge in [0.25, 0.3) is 0 Å². The molecule has 2 heteroatoms. The number of rotatable bonds is 0. The van der Waals surface area contributed by atoms with E-state index >= 15 is 0 Å². The minimum absolute atomic E-state index is 0.979. The Bertz CT molecular complexity index is 166. The quantitative estimate of drug-likeness (QED) is 0.648. The summed E-state index contributed by atoms with van der Waals surface area (Å²) in [5.41, 5.74) is 0. The molecule has 1 rings (SSSR count). The molecule has 0 fully saturated rings. The Kier molecular flexibility index (Phi) is 2.08. The predicted octanol–water partition coefficient (Wildman–Crippen LogP) is 3.01. The minimum Gasteiger partial charge on any atom is -0.0600 e. The van der Waals surface area contributed by atoms with E-state index in [0.29, 0.717) is 0 Å². The second-order valence-electron chi connectivity index (χ2n) is 1.35. The van der Waals surface area contributed by atoms with Crippen LogP contribution in [0.25, 0.3) is 0 Å². The average molecular weight is 235 g/mol. The molecule has 0 amide bonds. The second kappa shape index (κ2) is 2.65. The molecule has 0 heterocycles. The van der Waals surface area contributed by atoms with Crippen LogP contribution in [0.1, 0.15) is 0 Å². The first-order valence-electron chi connectivity index (χ1n) is 2.12. The molecule has 0 saturated heterocycles. The Hall–Kier alpha value is 0.180. The van der Waals surface area contributed by atoms with Gasteiger partial charge < -0.3 is 0 Å². The molecule has 0 aliphatic rings. The molecule has 0 aliphatic carbocycles. The largest absolute Gasteiger partial charge is 0.0600 e. The van der Waals surface area contributed by atoms with Crippen LogP contribution in [-0.2, 0) is 0 Å². The maximum Gasteiger partial charge on any atom is 0.0265 e. The lowest BCUT2D eigenvalue weighted by Gasteiger charge is -1.86. The van der Waals surface area contributed by atoms with Gasteiger partial charge in [0.2, 0.25) is 0 Å². The molecule has 0 unspecified atom stereocenters. The van der Waals surface area contributed by atoms with Crippen LogP contribution in [0.3, 0.4) is 0 Å². The molecule has 0 nitrogen and oxygen atoms in total. The van der Waals surface area contributed by atoms with E-state index in [4.69, 9.17) is 0 Å². The van der Waals surface area contributed by atoms with Crippen LogP contribution in [0.15, 0.2) is 27.1 Å². The number of benzene rings is 1. The van der Waals surface area contributed by atoms with E-state index in [1.165, 1.54) is 0 Å².